The van der Waals surface area contributed by atoms with Gasteiger partial charge in [0.1, 0.15) is 12.7 Å². The third kappa shape index (κ3) is 3.20. The Kier molecular flexibility index (Phi) is 4.24. The summed E-state index contributed by atoms with van der Waals surface area (Å²) in [6, 6.07) is 8.24. The molecular formula is C15H18N6O. The summed E-state index contributed by atoms with van der Waals surface area (Å²) >= 11 is 0. The maximum Gasteiger partial charge on any atom is 0.258 e. The average Bonchev–Trinajstić information content (AvgIpc) is 3.20. The second kappa shape index (κ2) is 6.48. The maximum absolute atomic E-state index is 5.42. The lowest BCUT2D eigenvalue weighted by atomic mass is 10.1. The lowest BCUT2D eigenvalue weighted by molar-refractivity contribution is 0.417. The van der Waals surface area contributed by atoms with Crippen molar-refractivity contribution >= 4 is 0 Å². The highest BCUT2D eigenvalue weighted by Gasteiger charge is 2.14. The summed E-state index contributed by atoms with van der Waals surface area (Å²) in [7, 11) is 1.92. The molecule has 0 bridgehead atoms. The lowest BCUT2D eigenvalue weighted by Crippen LogP contribution is -2.24. The zero-order valence-corrected chi connectivity index (χ0v) is 12.6. The zero-order valence-electron chi connectivity index (χ0n) is 12.6. The first-order chi connectivity index (χ1) is 10.8. The topological polar surface area (TPSA) is 81.7 Å². The number of nitrogens with zero attached hydrogens (tertiary/aromatic N) is 5. The molecular weight excluding hydrogens is 280 g/mol. The fourth-order valence-electron chi connectivity index (χ4n) is 2.18. The van der Waals surface area contributed by atoms with E-state index in [1.165, 1.54) is 6.33 Å². The Labute approximate surface area is 128 Å². The molecule has 2 heterocycles. The van der Waals surface area contributed by atoms with Crippen molar-refractivity contribution < 1.29 is 4.52 Å². The monoisotopic (exact) mass is 298 g/mol. The van der Waals surface area contributed by atoms with E-state index in [0.29, 0.717) is 24.3 Å². The van der Waals surface area contributed by atoms with Gasteiger partial charge in [-0.2, -0.15) is 10.1 Å². The van der Waals surface area contributed by atoms with Crippen molar-refractivity contribution in [3.8, 4) is 11.5 Å². The number of hydrogen-bond acceptors (Lipinski definition) is 6. The van der Waals surface area contributed by atoms with E-state index >= 15 is 0 Å². The summed E-state index contributed by atoms with van der Waals surface area (Å²) in [6.07, 6.45) is 3.93. The van der Waals surface area contributed by atoms with E-state index in [1.807, 2.05) is 31.3 Å². The van der Waals surface area contributed by atoms with Crippen molar-refractivity contribution in [1.29, 1.82) is 0 Å². The van der Waals surface area contributed by atoms with Gasteiger partial charge in [0.2, 0.25) is 0 Å². The predicted molar refractivity (Wildman–Crippen MR) is 81.1 cm³/mol. The average molecular weight is 298 g/mol. The first-order valence-electron chi connectivity index (χ1n) is 7.17. The Balaban J connectivity index is 1.85. The molecule has 0 radical (unpaired) electrons. The fraction of sp³-hybridized carbons (Fsp3) is 0.333. The minimum Gasteiger partial charge on any atom is -0.334 e. The van der Waals surface area contributed by atoms with Gasteiger partial charge in [0.25, 0.3) is 5.89 Å². The number of benzene rings is 1. The molecule has 0 fully saturated rings. The van der Waals surface area contributed by atoms with Gasteiger partial charge < -0.3 is 9.84 Å². The van der Waals surface area contributed by atoms with E-state index in [2.05, 4.69) is 32.5 Å². The molecule has 0 aliphatic carbocycles. The summed E-state index contributed by atoms with van der Waals surface area (Å²) in [5.74, 6) is 1.24. The Morgan fingerprint density at radius 1 is 1.32 bits per heavy atom. The van der Waals surface area contributed by atoms with Gasteiger partial charge in [0.05, 0.1) is 6.54 Å². The van der Waals surface area contributed by atoms with E-state index in [9.17, 15) is 0 Å². The minimum atomic E-state index is 0.302. The van der Waals surface area contributed by atoms with Gasteiger partial charge in [-0.1, -0.05) is 23.4 Å². The van der Waals surface area contributed by atoms with E-state index in [-0.39, 0.29) is 0 Å². The van der Waals surface area contributed by atoms with Crippen LogP contribution in [-0.4, -0.2) is 38.0 Å². The van der Waals surface area contributed by atoms with Crippen molar-refractivity contribution in [2.24, 2.45) is 0 Å². The molecule has 7 heteroatoms. The van der Waals surface area contributed by atoms with Crippen LogP contribution in [0, 0.1) is 0 Å². The molecule has 0 saturated carbocycles. The van der Waals surface area contributed by atoms with Crippen molar-refractivity contribution in [2.45, 2.75) is 25.9 Å². The van der Waals surface area contributed by atoms with Gasteiger partial charge in [0.15, 0.2) is 5.82 Å². The molecule has 7 nitrogen and oxygen atoms in total. The summed E-state index contributed by atoms with van der Waals surface area (Å²) < 4.78 is 7.18. The van der Waals surface area contributed by atoms with Gasteiger partial charge in [-0.3, -0.25) is 0 Å². The van der Waals surface area contributed by atoms with Crippen LogP contribution in [0.4, 0.5) is 0 Å². The molecule has 0 saturated heterocycles. The highest BCUT2D eigenvalue weighted by Crippen LogP contribution is 2.22. The van der Waals surface area contributed by atoms with Crippen LogP contribution < -0.4 is 5.32 Å². The molecule has 114 valence electrons. The van der Waals surface area contributed by atoms with E-state index < -0.39 is 0 Å². The quantitative estimate of drug-likeness (QED) is 0.743. The number of likely N-dealkylation sites (N-methyl/N-ethyl adjacent to an activating group) is 1. The largest absolute Gasteiger partial charge is 0.334 e. The number of aromatic nitrogens is 5. The molecule has 0 spiro atoms. The summed E-state index contributed by atoms with van der Waals surface area (Å²) in [6.45, 7) is 2.69. The van der Waals surface area contributed by atoms with E-state index in [4.69, 9.17) is 4.52 Å². The SMILES string of the molecule is CNC(C)Cc1noc(-c2ccccc2Cn2cncn2)n1. The normalized spacial score (nSPS) is 12.5. The van der Waals surface area contributed by atoms with Crippen LogP contribution in [0.1, 0.15) is 18.3 Å². The van der Waals surface area contributed by atoms with Crippen molar-refractivity contribution in [1.82, 2.24) is 30.2 Å². The van der Waals surface area contributed by atoms with Crippen LogP contribution >= 0.6 is 0 Å². The second-order valence-electron chi connectivity index (χ2n) is 5.16. The smallest absolute Gasteiger partial charge is 0.258 e. The standard InChI is InChI=1S/C15H18N6O/c1-11(16-2)7-14-19-15(22-20-14)13-6-4-3-5-12(13)8-21-10-17-9-18-21/h3-6,9-11,16H,7-8H2,1-2H3. The van der Waals surface area contributed by atoms with Crippen LogP contribution in [0.15, 0.2) is 41.4 Å². The van der Waals surface area contributed by atoms with Crippen molar-refractivity contribution in [3.63, 3.8) is 0 Å². The molecule has 1 atom stereocenters. The Hall–Kier alpha value is -2.54. The molecule has 1 aromatic carbocycles. The number of hydrogen-bond donors (Lipinski definition) is 1. The first-order valence-corrected chi connectivity index (χ1v) is 7.17. The minimum absolute atomic E-state index is 0.302. The van der Waals surface area contributed by atoms with Gasteiger partial charge in [-0.25, -0.2) is 9.67 Å². The lowest BCUT2D eigenvalue weighted by Gasteiger charge is -2.06. The van der Waals surface area contributed by atoms with Gasteiger partial charge in [-0.15, -0.1) is 0 Å². The molecule has 22 heavy (non-hydrogen) atoms. The summed E-state index contributed by atoms with van der Waals surface area (Å²) in [5.41, 5.74) is 1.98. The molecule has 0 aliphatic heterocycles. The second-order valence-corrected chi connectivity index (χ2v) is 5.16. The maximum atomic E-state index is 5.42. The summed E-state index contributed by atoms with van der Waals surface area (Å²) in [5, 5.41) is 11.4. The molecule has 1 N–H and O–H groups in total. The molecule has 3 aromatic rings. The predicted octanol–water partition coefficient (Wildman–Crippen LogP) is 1.53. The zero-order chi connectivity index (χ0) is 15.4. The van der Waals surface area contributed by atoms with Crippen LogP contribution in [-0.2, 0) is 13.0 Å². The number of nitrogens with one attached hydrogen (secondary N) is 1. The third-order valence-electron chi connectivity index (χ3n) is 3.50. The Bertz CT molecular complexity index is 721. The number of rotatable bonds is 6. The van der Waals surface area contributed by atoms with Crippen LogP contribution in [0.25, 0.3) is 11.5 Å². The van der Waals surface area contributed by atoms with Crippen molar-refractivity contribution in [3.05, 3.63) is 48.3 Å². The Morgan fingerprint density at radius 2 is 2.18 bits per heavy atom. The molecule has 2 aromatic heterocycles. The van der Waals surface area contributed by atoms with E-state index in [0.717, 1.165) is 17.5 Å². The van der Waals surface area contributed by atoms with Gasteiger partial charge in [-0.05, 0) is 25.6 Å². The third-order valence-corrected chi connectivity index (χ3v) is 3.50. The van der Waals surface area contributed by atoms with Crippen LogP contribution in [0.5, 0.6) is 0 Å². The van der Waals surface area contributed by atoms with Crippen LogP contribution in [0.2, 0.25) is 0 Å². The fourth-order valence-corrected chi connectivity index (χ4v) is 2.18. The van der Waals surface area contributed by atoms with Gasteiger partial charge in [0, 0.05) is 18.0 Å². The van der Waals surface area contributed by atoms with Crippen molar-refractivity contribution in [2.75, 3.05) is 7.05 Å². The molecule has 0 aliphatic rings. The molecule has 1 unspecified atom stereocenters. The van der Waals surface area contributed by atoms with E-state index in [1.54, 1.807) is 11.0 Å². The van der Waals surface area contributed by atoms with Gasteiger partial charge >= 0.3 is 0 Å². The first kappa shape index (κ1) is 14.4. The Morgan fingerprint density at radius 3 is 2.95 bits per heavy atom. The molecule has 3 rings (SSSR count). The highest BCUT2D eigenvalue weighted by molar-refractivity contribution is 5.58. The highest BCUT2D eigenvalue weighted by atomic mass is 16.5. The summed E-state index contributed by atoms with van der Waals surface area (Å²) in [4.78, 5) is 8.46. The van der Waals surface area contributed by atoms with Crippen LogP contribution in [0.3, 0.4) is 0 Å². The molecule has 0 amide bonds.